The molecule has 10 heavy (non-hydrogen) atoms. The van der Waals surface area contributed by atoms with Gasteiger partial charge in [0.05, 0.1) is 4.92 Å². The fourth-order valence-electron chi connectivity index (χ4n) is 0.373. The second-order valence-electron chi connectivity index (χ2n) is 1.71. The lowest BCUT2D eigenvalue weighted by Crippen LogP contribution is -2.42. The van der Waals surface area contributed by atoms with E-state index >= 15 is 0 Å². The number of rotatable bonds is 3. The highest BCUT2D eigenvalue weighted by molar-refractivity contribution is 4.74. The van der Waals surface area contributed by atoms with Gasteiger partial charge in [-0.1, -0.05) is 0 Å². The molecule has 0 aliphatic carbocycles. The van der Waals surface area contributed by atoms with Gasteiger partial charge in [-0.3, -0.25) is 10.1 Å². The summed E-state index contributed by atoms with van der Waals surface area (Å²) in [7, 11) is 1.47. The second kappa shape index (κ2) is 3.67. The maximum atomic E-state index is 9.98. The average molecular weight is 146 g/mol. The summed E-state index contributed by atoms with van der Waals surface area (Å²) in [5.74, 6) is 0. The molecule has 0 rings (SSSR count). The summed E-state index contributed by atoms with van der Waals surface area (Å²) in [4.78, 5) is 10.6. The van der Waals surface area contributed by atoms with Crippen LogP contribution in [0.4, 0.5) is 0 Å². The highest BCUT2D eigenvalue weighted by Crippen LogP contribution is 1.88. The predicted molar refractivity (Wildman–Crippen MR) is 36.1 cm³/mol. The Labute approximate surface area is 58.2 Å². The maximum Gasteiger partial charge on any atom is 0.342 e. The summed E-state index contributed by atoms with van der Waals surface area (Å²) in [6.45, 7) is 0. The number of nitrogens with two attached hydrogens (primary N) is 2. The van der Waals surface area contributed by atoms with E-state index in [4.69, 9.17) is 11.5 Å². The van der Waals surface area contributed by atoms with Crippen molar-refractivity contribution in [3.63, 3.8) is 0 Å². The first-order valence-corrected chi connectivity index (χ1v) is 2.59. The Hall–Kier alpha value is -1.30. The predicted octanol–water partition coefficient (Wildman–Crippen LogP) is -1.13. The molecular weight excluding hydrogens is 136 g/mol. The Morgan fingerprint density at radius 1 is 1.80 bits per heavy atom. The van der Waals surface area contributed by atoms with Gasteiger partial charge in [-0.25, -0.2) is 5.73 Å². The zero-order chi connectivity index (χ0) is 8.15. The summed E-state index contributed by atoms with van der Waals surface area (Å²) >= 11 is 0. The van der Waals surface area contributed by atoms with Crippen LogP contribution in [0.2, 0.25) is 0 Å². The van der Waals surface area contributed by atoms with E-state index in [1.165, 1.54) is 24.3 Å². The molecule has 6 nitrogen and oxygen atoms in total. The third-order valence-electron chi connectivity index (χ3n) is 0.954. The Bertz CT molecular complexity index is 146. The third kappa shape index (κ3) is 2.31. The van der Waals surface area contributed by atoms with Gasteiger partial charge in [0.2, 0.25) is 0 Å². The zero-order valence-electron chi connectivity index (χ0n) is 5.60. The summed E-state index contributed by atoms with van der Waals surface area (Å²) in [5, 5.41) is 9.98. The van der Waals surface area contributed by atoms with Crippen LogP contribution in [-0.4, -0.2) is 23.2 Å². The van der Waals surface area contributed by atoms with Gasteiger partial charge in [-0.2, -0.15) is 0 Å². The van der Waals surface area contributed by atoms with E-state index in [0.717, 1.165) is 0 Å². The quantitative estimate of drug-likeness (QED) is 0.298. The first-order valence-electron chi connectivity index (χ1n) is 2.59. The van der Waals surface area contributed by atoms with Gasteiger partial charge in [0.15, 0.2) is 0 Å². The van der Waals surface area contributed by atoms with Crippen LogP contribution in [0.1, 0.15) is 0 Å². The van der Waals surface area contributed by atoms with E-state index in [9.17, 15) is 10.1 Å². The number of hydrogen-bond donors (Lipinski definition) is 2. The van der Waals surface area contributed by atoms with E-state index in [1.807, 2.05) is 0 Å². The lowest BCUT2D eigenvalue weighted by atomic mass is 10.7. The smallest absolute Gasteiger partial charge is 0.342 e. The lowest BCUT2D eigenvalue weighted by molar-refractivity contribution is -0.544. The van der Waals surface area contributed by atoms with Crippen molar-refractivity contribution in [2.75, 3.05) is 7.05 Å². The molecule has 0 amide bonds. The molecule has 4 N–H and O–H groups in total. The molecule has 0 heterocycles. The average Bonchev–Trinajstić information content (AvgIpc) is 1.87. The van der Waals surface area contributed by atoms with Gasteiger partial charge < -0.3 is 10.6 Å². The Kier molecular flexibility index (Phi) is 3.20. The molecule has 0 aliphatic heterocycles. The molecule has 0 radical (unpaired) electrons. The minimum atomic E-state index is -1.22. The highest BCUT2D eigenvalue weighted by atomic mass is 16.6. The number of nitro groups is 1. The molecular formula is C4H10N4O2. The van der Waals surface area contributed by atoms with Crippen molar-refractivity contribution < 1.29 is 4.92 Å². The van der Waals surface area contributed by atoms with Crippen molar-refractivity contribution in [2.45, 2.75) is 6.29 Å². The maximum absolute atomic E-state index is 9.98. The topological polar surface area (TPSA) is 98.4 Å². The first kappa shape index (κ1) is 8.70. The molecule has 0 aliphatic rings. The van der Waals surface area contributed by atoms with Gasteiger partial charge in [0.25, 0.3) is 0 Å². The van der Waals surface area contributed by atoms with E-state index < -0.39 is 11.2 Å². The number of nitrogens with zero attached hydrogens (tertiary/aromatic N) is 2. The highest BCUT2D eigenvalue weighted by Gasteiger charge is 2.15. The van der Waals surface area contributed by atoms with Crippen LogP contribution in [0.15, 0.2) is 12.4 Å². The Balaban J connectivity index is 3.93. The van der Waals surface area contributed by atoms with E-state index in [0.29, 0.717) is 0 Å². The molecule has 1 unspecified atom stereocenters. The molecule has 0 bridgehead atoms. The summed E-state index contributed by atoms with van der Waals surface area (Å²) in [6.07, 6.45) is 1.29. The first-order chi connectivity index (χ1) is 4.59. The molecule has 58 valence electrons. The molecule has 0 spiro atoms. The molecule has 0 aromatic carbocycles. The summed E-state index contributed by atoms with van der Waals surface area (Å²) < 4.78 is 0. The Morgan fingerprint density at radius 2 is 2.30 bits per heavy atom. The van der Waals surface area contributed by atoms with Crippen LogP contribution in [0.3, 0.4) is 0 Å². The number of hydrogen-bond acceptors (Lipinski definition) is 5. The van der Waals surface area contributed by atoms with Crippen LogP contribution in [-0.2, 0) is 0 Å². The molecule has 0 fully saturated rings. The minimum absolute atomic E-state index is 0.611. The minimum Gasteiger partial charge on any atom is -0.403 e. The van der Waals surface area contributed by atoms with Crippen LogP contribution >= 0.6 is 0 Å². The third-order valence-corrected chi connectivity index (χ3v) is 0.954. The van der Waals surface area contributed by atoms with E-state index in [2.05, 4.69) is 0 Å². The fraction of sp³-hybridized carbons (Fsp3) is 0.500. The van der Waals surface area contributed by atoms with E-state index in [-0.39, 0.29) is 0 Å². The normalized spacial score (nSPS) is 13.4. The van der Waals surface area contributed by atoms with Gasteiger partial charge in [-0.05, 0) is 0 Å². The SMILES string of the molecule is CN(/C=C\N)C(N)[N+](=O)[O-]. The largest absolute Gasteiger partial charge is 0.403 e. The van der Waals surface area contributed by atoms with Gasteiger partial charge in [-0.15, -0.1) is 0 Å². The molecule has 0 saturated carbocycles. The van der Waals surface area contributed by atoms with Crippen LogP contribution < -0.4 is 11.5 Å². The van der Waals surface area contributed by atoms with Crippen molar-refractivity contribution in [2.24, 2.45) is 11.5 Å². The van der Waals surface area contributed by atoms with Crippen molar-refractivity contribution in [1.29, 1.82) is 0 Å². The second-order valence-corrected chi connectivity index (χ2v) is 1.71. The van der Waals surface area contributed by atoms with Crippen molar-refractivity contribution >= 4 is 0 Å². The van der Waals surface area contributed by atoms with Crippen molar-refractivity contribution in [3.8, 4) is 0 Å². The summed E-state index contributed by atoms with van der Waals surface area (Å²) in [5.41, 5.74) is 10.0. The molecule has 6 heteroatoms. The van der Waals surface area contributed by atoms with Gasteiger partial charge in [0.1, 0.15) is 0 Å². The van der Waals surface area contributed by atoms with Crippen molar-refractivity contribution in [1.82, 2.24) is 4.90 Å². The zero-order valence-corrected chi connectivity index (χ0v) is 5.60. The molecule has 0 saturated heterocycles. The summed E-state index contributed by atoms with van der Waals surface area (Å²) in [6, 6.07) is 0. The van der Waals surface area contributed by atoms with E-state index in [1.54, 1.807) is 0 Å². The Morgan fingerprint density at radius 3 is 2.60 bits per heavy atom. The van der Waals surface area contributed by atoms with Crippen LogP contribution in [0, 0.1) is 10.1 Å². The van der Waals surface area contributed by atoms with Crippen LogP contribution in [0.5, 0.6) is 0 Å². The van der Waals surface area contributed by atoms with Crippen LogP contribution in [0.25, 0.3) is 0 Å². The van der Waals surface area contributed by atoms with Gasteiger partial charge >= 0.3 is 6.29 Å². The molecule has 1 atom stereocenters. The van der Waals surface area contributed by atoms with Gasteiger partial charge in [0, 0.05) is 19.4 Å². The van der Waals surface area contributed by atoms with Crippen molar-refractivity contribution in [3.05, 3.63) is 22.5 Å². The lowest BCUT2D eigenvalue weighted by Gasteiger charge is -2.13. The molecule has 0 aromatic rings. The molecule has 0 aromatic heterocycles. The fourth-order valence-corrected chi connectivity index (χ4v) is 0.373. The monoisotopic (exact) mass is 146 g/mol. The standard InChI is InChI=1S/C4H10N4O2/c1-7(3-2-5)4(6)8(9)10/h2-4H,5-6H2,1H3/b3-2-.